The van der Waals surface area contributed by atoms with Gasteiger partial charge in [0.1, 0.15) is 5.78 Å². The van der Waals surface area contributed by atoms with Gasteiger partial charge in [-0.2, -0.15) is 0 Å². The van der Waals surface area contributed by atoms with E-state index in [1.165, 1.54) is 25.8 Å². The number of fused-ring (bicyclic) bond motifs is 1. The number of carbonyl (C=O) groups is 1. The summed E-state index contributed by atoms with van der Waals surface area (Å²) in [5.74, 6) is 3.19. The van der Waals surface area contributed by atoms with Crippen LogP contribution in [-0.4, -0.2) is 30.3 Å². The number of Topliss-reactive ketones (excluding diaryl/α,β-unsaturated/α-hetero) is 1. The Bertz CT molecular complexity index is 358. The molecular formula is C16H27NO. The minimum atomic E-state index is 0.303. The van der Waals surface area contributed by atoms with Crippen molar-refractivity contribution in [1.82, 2.24) is 4.90 Å². The van der Waals surface area contributed by atoms with Crippen molar-refractivity contribution < 1.29 is 4.79 Å². The molecule has 102 valence electrons. The fraction of sp³-hybridized carbons (Fsp3) is 0.938. The van der Waals surface area contributed by atoms with Crippen molar-refractivity contribution in [2.45, 2.75) is 52.5 Å². The molecule has 2 nitrogen and oxygen atoms in total. The minimum absolute atomic E-state index is 0.303. The number of rotatable bonds is 4. The Morgan fingerprint density at radius 2 is 2.06 bits per heavy atom. The fourth-order valence-electron chi connectivity index (χ4n) is 4.71. The molecule has 0 aromatic heterocycles. The topological polar surface area (TPSA) is 20.3 Å². The first kappa shape index (κ1) is 12.7. The summed E-state index contributed by atoms with van der Waals surface area (Å²) in [6.07, 6.45) is 5.26. The van der Waals surface area contributed by atoms with Gasteiger partial charge in [0.2, 0.25) is 0 Å². The number of piperidine rings is 1. The second-order valence-electron chi connectivity index (χ2n) is 7.63. The van der Waals surface area contributed by atoms with Crippen LogP contribution in [0.2, 0.25) is 0 Å². The van der Waals surface area contributed by atoms with E-state index in [0.29, 0.717) is 23.2 Å². The molecule has 1 heterocycles. The number of hydrogen-bond acceptors (Lipinski definition) is 2. The Hall–Kier alpha value is -0.370. The largest absolute Gasteiger partial charge is 0.302 e. The van der Waals surface area contributed by atoms with E-state index in [-0.39, 0.29) is 0 Å². The van der Waals surface area contributed by atoms with Crippen LogP contribution >= 0.6 is 0 Å². The SMILES string of the molecule is CC(=O)C(CC1CCC1)C1C2C(CN1C)C2(C)C. The average molecular weight is 249 g/mol. The van der Waals surface area contributed by atoms with Gasteiger partial charge < -0.3 is 4.90 Å². The lowest BCUT2D eigenvalue weighted by Gasteiger charge is -2.36. The average Bonchev–Trinajstić information content (AvgIpc) is 2.57. The van der Waals surface area contributed by atoms with E-state index < -0.39 is 0 Å². The van der Waals surface area contributed by atoms with E-state index in [9.17, 15) is 4.79 Å². The zero-order valence-corrected chi connectivity index (χ0v) is 12.3. The quantitative estimate of drug-likeness (QED) is 0.763. The maximum atomic E-state index is 12.1. The third-order valence-electron chi connectivity index (χ3n) is 6.25. The highest BCUT2D eigenvalue weighted by Gasteiger charge is 2.67. The van der Waals surface area contributed by atoms with E-state index in [0.717, 1.165) is 24.2 Å². The lowest BCUT2D eigenvalue weighted by molar-refractivity contribution is -0.124. The molecule has 3 rings (SSSR count). The van der Waals surface area contributed by atoms with Crippen LogP contribution in [-0.2, 0) is 4.79 Å². The summed E-state index contributed by atoms with van der Waals surface area (Å²) in [6, 6.07) is 0.531. The zero-order chi connectivity index (χ0) is 13.1. The van der Waals surface area contributed by atoms with Crippen LogP contribution in [0.3, 0.4) is 0 Å². The molecule has 0 N–H and O–H groups in total. The van der Waals surface area contributed by atoms with Gasteiger partial charge in [-0.25, -0.2) is 0 Å². The van der Waals surface area contributed by atoms with Gasteiger partial charge in [0.05, 0.1) is 0 Å². The van der Waals surface area contributed by atoms with Crippen LogP contribution in [0.4, 0.5) is 0 Å². The third-order valence-corrected chi connectivity index (χ3v) is 6.25. The predicted molar refractivity (Wildman–Crippen MR) is 73.3 cm³/mol. The van der Waals surface area contributed by atoms with Crippen LogP contribution in [0, 0.1) is 29.1 Å². The lowest BCUT2D eigenvalue weighted by atomic mass is 9.74. The minimum Gasteiger partial charge on any atom is -0.302 e. The smallest absolute Gasteiger partial charge is 0.134 e. The number of nitrogens with zero attached hydrogens (tertiary/aromatic N) is 1. The second kappa shape index (κ2) is 4.06. The summed E-state index contributed by atoms with van der Waals surface area (Å²) in [7, 11) is 2.23. The molecule has 2 heteroatoms. The van der Waals surface area contributed by atoms with Gasteiger partial charge in [0.25, 0.3) is 0 Å². The van der Waals surface area contributed by atoms with Crippen molar-refractivity contribution in [3.8, 4) is 0 Å². The molecule has 0 amide bonds. The summed E-state index contributed by atoms with van der Waals surface area (Å²) in [5, 5.41) is 0. The van der Waals surface area contributed by atoms with E-state index in [4.69, 9.17) is 0 Å². The molecule has 0 bridgehead atoms. The van der Waals surface area contributed by atoms with Crippen molar-refractivity contribution in [1.29, 1.82) is 0 Å². The summed E-state index contributed by atoms with van der Waals surface area (Å²) in [5.41, 5.74) is 0.491. The molecule has 0 spiro atoms. The van der Waals surface area contributed by atoms with Crippen LogP contribution in [0.25, 0.3) is 0 Å². The number of hydrogen-bond donors (Lipinski definition) is 0. The fourth-order valence-corrected chi connectivity index (χ4v) is 4.71. The van der Waals surface area contributed by atoms with E-state index >= 15 is 0 Å². The Labute approximate surface area is 111 Å². The van der Waals surface area contributed by atoms with Gasteiger partial charge in [0, 0.05) is 18.5 Å². The molecule has 1 saturated heterocycles. The monoisotopic (exact) mass is 249 g/mol. The number of carbonyl (C=O) groups excluding carboxylic acids is 1. The maximum absolute atomic E-state index is 12.1. The first-order chi connectivity index (χ1) is 8.43. The van der Waals surface area contributed by atoms with Gasteiger partial charge in [-0.3, -0.25) is 4.79 Å². The van der Waals surface area contributed by atoms with E-state index in [1.54, 1.807) is 0 Å². The molecule has 2 aliphatic carbocycles. The molecule has 1 aliphatic heterocycles. The summed E-state index contributed by atoms with van der Waals surface area (Å²) >= 11 is 0. The second-order valence-corrected chi connectivity index (χ2v) is 7.63. The van der Waals surface area contributed by atoms with Crippen LogP contribution in [0.5, 0.6) is 0 Å². The predicted octanol–water partition coefficient (Wildman–Crippen LogP) is 2.97. The normalized spacial score (nSPS) is 40.1. The number of ketones is 1. The zero-order valence-electron chi connectivity index (χ0n) is 12.3. The summed E-state index contributed by atoms with van der Waals surface area (Å²) in [4.78, 5) is 14.6. The highest BCUT2D eigenvalue weighted by Crippen LogP contribution is 2.66. The van der Waals surface area contributed by atoms with Crippen molar-refractivity contribution in [2.75, 3.05) is 13.6 Å². The summed E-state index contributed by atoms with van der Waals surface area (Å²) < 4.78 is 0. The van der Waals surface area contributed by atoms with Gasteiger partial charge in [0.15, 0.2) is 0 Å². The molecule has 0 aromatic carbocycles. The molecule has 4 unspecified atom stereocenters. The molecule has 18 heavy (non-hydrogen) atoms. The van der Waals surface area contributed by atoms with E-state index in [1.807, 2.05) is 6.92 Å². The molecule has 4 atom stereocenters. The summed E-state index contributed by atoms with van der Waals surface area (Å²) in [6.45, 7) is 7.81. The van der Waals surface area contributed by atoms with Crippen LogP contribution in [0.1, 0.15) is 46.5 Å². The van der Waals surface area contributed by atoms with Gasteiger partial charge in [-0.15, -0.1) is 0 Å². The Morgan fingerprint density at radius 1 is 1.39 bits per heavy atom. The molecule has 3 aliphatic rings. The first-order valence-corrected chi connectivity index (χ1v) is 7.63. The molecule has 3 fully saturated rings. The maximum Gasteiger partial charge on any atom is 0.134 e. The highest BCUT2D eigenvalue weighted by atomic mass is 16.1. The number of likely N-dealkylation sites (tertiary alicyclic amines) is 1. The van der Waals surface area contributed by atoms with Crippen molar-refractivity contribution in [3.63, 3.8) is 0 Å². The van der Waals surface area contributed by atoms with Crippen molar-refractivity contribution in [3.05, 3.63) is 0 Å². The van der Waals surface area contributed by atoms with Gasteiger partial charge >= 0.3 is 0 Å². The Balaban J connectivity index is 1.75. The first-order valence-electron chi connectivity index (χ1n) is 7.63. The van der Waals surface area contributed by atoms with Gasteiger partial charge in [-0.1, -0.05) is 33.1 Å². The molecule has 0 aromatic rings. The molecule has 0 radical (unpaired) electrons. The Morgan fingerprint density at radius 3 is 2.50 bits per heavy atom. The highest BCUT2D eigenvalue weighted by molar-refractivity contribution is 5.79. The lowest BCUT2D eigenvalue weighted by Crippen LogP contribution is -2.42. The molecular weight excluding hydrogens is 222 g/mol. The van der Waals surface area contributed by atoms with Gasteiger partial charge in [-0.05, 0) is 43.6 Å². The van der Waals surface area contributed by atoms with Crippen LogP contribution < -0.4 is 0 Å². The Kier molecular flexibility index (Phi) is 2.85. The van der Waals surface area contributed by atoms with Crippen molar-refractivity contribution >= 4 is 5.78 Å². The molecule has 2 saturated carbocycles. The van der Waals surface area contributed by atoms with Crippen molar-refractivity contribution in [2.24, 2.45) is 29.1 Å². The third kappa shape index (κ3) is 1.76. The van der Waals surface area contributed by atoms with Crippen LogP contribution in [0.15, 0.2) is 0 Å². The standard InChI is InChI=1S/C16H27NO/c1-10(18)12(8-11-6-5-7-11)15-14-13(9-17(15)4)16(14,2)3/h11-15H,5-9H2,1-4H3. The van der Waals surface area contributed by atoms with E-state index in [2.05, 4.69) is 25.8 Å².